The summed E-state index contributed by atoms with van der Waals surface area (Å²) in [6.45, 7) is 3.54. The fraction of sp³-hybridized carbons (Fsp3) is 0.933. The standard InChI is InChI=1S/C15H26N4/c16-14-17-11-15(19(14)12-4-1-2-5-12)7-9-18-8-3-6-13(18)10-15/h12-13H,1-11H2,(H2,16,17). The molecule has 3 aliphatic heterocycles. The lowest BCUT2D eigenvalue weighted by molar-refractivity contribution is 0.0431. The molecule has 4 aliphatic rings. The van der Waals surface area contributed by atoms with Crippen LogP contribution in [0.2, 0.25) is 0 Å². The van der Waals surface area contributed by atoms with Crippen LogP contribution in [0.5, 0.6) is 0 Å². The minimum atomic E-state index is 0.282. The molecule has 1 saturated carbocycles. The number of hydrogen-bond acceptors (Lipinski definition) is 4. The number of guanidine groups is 1. The van der Waals surface area contributed by atoms with Crippen molar-refractivity contribution in [3.63, 3.8) is 0 Å². The molecule has 1 spiro atoms. The zero-order valence-corrected chi connectivity index (χ0v) is 11.9. The summed E-state index contributed by atoms with van der Waals surface area (Å²) in [5, 5.41) is 0. The summed E-state index contributed by atoms with van der Waals surface area (Å²) in [6.07, 6.45) is 10.7. The fourth-order valence-electron chi connectivity index (χ4n) is 5.04. The lowest BCUT2D eigenvalue weighted by atomic mass is 9.81. The van der Waals surface area contributed by atoms with Gasteiger partial charge in [-0.15, -0.1) is 0 Å². The molecule has 0 amide bonds. The number of hydrogen-bond donors (Lipinski definition) is 1. The van der Waals surface area contributed by atoms with Crippen molar-refractivity contribution >= 4 is 5.96 Å². The Bertz CT molecular complexity index is 388. The van der Waals surface area contributed by atoms with Crippen molar-refractivity contribution < 1.29 is 0 Å². The minimum Gasteiger partial charge on any atom is -0.370 e. The van der Waals surface area contributed by atoms with Gasteiger partial charge < -0.3 is 15.5 Å². The van der Waals surface area contributed by atoms with Crippen molar-refractivity contribution in [1.29, 1.82) is 0 Å². The van der Waals surface area contributed by atoms with E-state index in [1.165, 1.54) is 64.5 Å². The molecule has 19 heavy (non-hydrogen) atoms. The van der Waals surface area contributed by atoms with Gasteiger partial charge in [0.2, 0.25) is 0 Å². The monoisotopic (exact) mass is 262 g/mol. The van der Waals surface area contributed by atoms with Crippen molar-refractivity contribution in [2.45, 2.75) is 69.0 Å². The smallest absolute Gasteiger partial charge is 0.192 e. The molecule has 0 aromatic rings. The first kappa shape index (κ1) is 12.0. The third kappa shape index (κ3) is 1.79. The Morgan fingerprint density at radius 1 is 1.05 bits per heavy atom. The van der Waals surface area contributed by atoms with Gasteiger partial charge in [-0.05, 0) is 45.1 Å². The first-order valence-electron chi connectivity index (χ1n) is 8.12. The Labute approximate surface area is 116 Å². The molecule has 0 aromatic heterocycles. The van der Waals surface area contributed by atoms with Crippen LogP contribution in [-0.2, 0) is 0 Å². The summed E-state index contributed by atoms with van der Waals surface area (Å²) in [7, 11) is 0. The molecule has 0 aromatic carbocycles. The van der Waals surface area contributed by atoms with Crippen LogP contribution >= 0.6 is 0 Å². The van der Waals surface area contributed by atoms with E-state index >= 15 is 0 Å². The van der Waals surface area contributed by atoms with Crippen molar-refractivity contribution in [2.75, 3.05) is 19.6 Å². The highest BCUT2D eigenvalue weighted by molar-refractivity contribution is 5.81. The normalized spacial score (nSPS) is 40.1. The van der Waals surface area contributed by atoms with Crippen LogP contribution in [0.25, 0.3) is 0 Å². The second-order valence-electron chi connectivity index (χ2n) is 6.99. The third-order valence-corrected chi connectivity index (χ3v) is 5.96. The fourth-order valence-corrected chi connectivity index (χ4v) is 5.04. The zero-order valence-electron chi connectivity index (χ0n) is 11.9. The van der Waals surface area contributed by atoms with Crippen LogP contribution in [0.3, 0.4) is 0 Å². The summed E-state index contributed by atoms with van der Waals surface area (Å²) in [6, 6.07) is 1.48. The highest BCUT2D eigenvalue weighted by Crippen LogP contribution is 2.42. The largest absolute Gasteiger partial charge is 0.370 e. The molecule has 3 heterocycles. The zero-order chi connectivity index (χ0) is 12.9. The van der Waals surface area contributed by atoms with E-state index in [9.17, 15) is 0 Å². The number of rotatable bonds is 1. The Morgan fingerprint density at radius 3 is 2.68 bits per heavy atom. The molecule has 2 atom stereocenters. The highest BCUT2D eigenvalue weighted by atomic mass is 15.4. The number of fused-ring (bicyclic) bond motifs is 1. The van der Waals surface area contributed by atoms with Crippen LogP contribution < -0.4 is 5.73 Å². The van der Waals surface area contributed by atoms with E-state index < -0.39 is 0 Å². The van der Waals surface area contributed by atoms with E-state index in [2.05, 4.69) is 14.8 Å². The minimum absolute atomic E-state index is 0.282. The first-order valence-corrected chi connectivity index (χ1v) is 8.12. The summed E-state index contributed by atoms with van der Waals surface area (Å²) in [4.78, 5) is 9.92. The van der Waals surface area contributed by atoms with E-state index in [1.807, 2.05) is 0 Å². The van der Waals surface area contributed by atoms with Gasteiger partial charge in [0, 0.05) is 18.6 Å². The molecular weight excluding hydrogens is 236 g/mol. The molecule has 2 unspecified atom stereocenters. The van der Waals surface area contributed by atoms with Gasteiger partial charge in [0.25, 0.3) is 0 Å². The van der Waals surface area contributed by atoms with Crippen LogP contribution in [0, 0.1) is 0 Å². The van der Waals surface area contributed by atoms with Gasteiger partial charge in [0.15, 0.2) is 5.96 Å². The highest BCUT2D eigenvalue weighted by Gasteiger charge is 2.50. The van der Waals surface area contributed by atoms with Crippen LogP contribution in [-0.4, -0.2) is 53.0 Å². The van der Waals surface area contributed by atoms with E-state index in [0.29, 0.717) is 6.04 Å². The average molecular weight is 262 g/mol. The molecular formula is C15H26N4. The van der Waals surface area contributed by atoms with Crippen molar-refractivity contribution in [3.8, 4) is 0 Å². The summed E-state index contributed by atoms with van der Waals surface area (Å²) < 4.78 is 0. The van der Waals surface area contributed by atoms with Crippen LogP contribution in [0.4, 0.5) is 0 Å². The number of nitrogens with two attached hydrogens (primary N) is 1. The molecule has 4 heteroatoms. The maximum Gasteiger partial charge on any atom is 0.192 e. The predicted octanol–water partition coefficient (Wildman–Crippen LogP) is 1.56. The third-order valence-electron chi connectivity index (χ3n) is 5.96. The first-order chi connectivity index (χ1) is 9.28. The maximum atomic E-state index is 6.26. The Kier molecular flexibility index (Phi) is 2.76. The number of nitrogens with zero attached hydrogens (tertiary/aromatic N) is 3. The van der Waals surface area contributed by atoms with Crippen LogP contribution in [0.1, 0.15) is 51.4 Å². The van der Waals surface area contributed by atoms with Crippen molar-refractivity contribution in [1.82, 2.24) is 9.80 Å². The van der Waals surface area contributed by atoms with Gasteiger partial charge >= 0.3 is 0 Å². The predicted molar refractivity (Wildman–Crippen MR) is 77.1 cm³/mol. The van der Waals surface area contributed by atoms with Gasteiger partial charge in [-0.1, -0.05) is 12.8 Å². The summed E-state index contributed by atoms with van der Waals surface area (Å²) in [5.74, 6) is 0.846. The number of aliphatic imine (C=N–C) groups is 1. The maximum absolute atomic E-state index is 6.26. The van der Waals surface area contributed by atoms with E-state index in [-0.39, 0.29) is 5.54 Å². The average Bonchev–Trinajstić information content (AvgIpc) is 3.10. The van der Waals surface area contributed by atoms with Crippen molar-refractivity contribution in [3.05, 3.63) is 0 Å². The van der Waals surface area contributed by atoms with Crippen molar-refractivity contribution in [2.24, 2.45) is 10.7 Å². The van der Waals surface area contributed by atoms with Gasteiger partial charge in [-0.3, -0.25) is 4.99 Å². The SMILES string of the molecule is NC1=NCC2(CCN3CCCC3C2)N1C1CCCC1. The second-order valence-corrected chi connectivity index (χ2v) is 6.99. The van der Waals surface area contributed by atoms with E-state index in [4.69, 9.17) is 5.73 Å². The molecule has 0 radical (unpaired) electrons. The molecule has 2 N–H and O–H groups in total. The molecule has 4 nitrogen and oxygen atoms in total. The van der Waals surface area contributed by atoms with Crippen LogP contribution in [0.15, 0.2) is 4.99 Å². The molecule has 0 bridgehead atoms. The molecule has 2 saturated heterocycles. The molecule has 4 rings (SSSR count). The second kappa shape index (κ2) is 4.37. The summed E-state index contributed by atoms with van der Waals surface area (Å²) >= 11 is 0. The Hall–Kier alpha value is -0.770. The van der Waals surface area contributed by atoms with E-state index in [1.54, 1.807) is 0 Å². The molecule has 1 aliphatic carbocycles. The lowest BCUT2D eigenvalue weighted by Gasteiger charge is -2.49. The van der Waals surface area contributed by atoms with Gasteiger partial charge in [0.05, 0.1) is 12.1 Å². The molecule has 106 valence electrons. The van der Waals surface area contributed by atoms with Gasteiger partial charge in [-0.25, -0.2) is 0 Å². The Morgan fingerprint density at radius 2 is 1.84 bits per heavy atom. The topological polar surface area (TPSA) is 44.9 Å². The molecule has 3 fully saturated rings. The van der Waals surface area contributed by atoms with Gasteiger partial charge in [0.1, 0.15) is 0 Å². The quantitative estimate of drug-likeness (QED) is 0.780. The number of piperidine rings is 1. The van der Waals surface area contributed by atoms with E-state index in [0.717, 1.165) is 18.5 Å². The summed E-state index contributed by atoms with van der Waals surface area (Å²) in [5.41, 5.74) is 6.55. The lowest BCUT2D eigenvalue weighted by Crippen LogP contribution is -2.61. The van der Waals surface area contributed by atoms with Gasteiger partial charge in [-0.2, -0.15) is 0 Å². The Balaban J connectivity index is 1.58.